The molecule has 2 bridgehead atoms. The molecule has 3 heteroatoms. The van der Waals surface area contributed by atoms with Gasteiger partial charge in [-0.3, -0.25) is 4.90 Å². The van der Waals surface area contributed by atoms with Crippen molar-refractivity contribution < 1.29 is 5.11 Å². The Hall–Kier alpha value is -0.120. The van der Waals surface area contributed by atoms with Crippen LogP contribution in [0.5, 0.6) is 0 Å². The van der Waals surface area contributed by atoms with Crippen molar-refractivity contribution in [3.8, 4) is 0 Å². The first-order chi connectivity index (χ1) is 8.78. The third-order valence-electron chi connectivity index (χ3n) is 5.58. The predicted octanol–water partition coefficient (Wildman–Crippen LogP) is 1.75. The SMILES string of the molecule is CNC1CCCCC1CN1C2CCC1CC(O)C2. The highest BCUT2D eigenvalue weighted by molar-refractivity contribution is 4.97. The topological polar surface area (TPSA) is 35.5 Å². The molecule has 3 nitrogen and oxygen atoms in total. The van der Waals surface area contributed by atoms with Gasteiger partial charge in [-0.2, -0.15) is 0 Å². The molecule has 0 spiro atoms. The first-order valence-corrected chi connectivity index (χ1v) is 7.89. The maximum atomic E-state index is 9.87. The van der Waals surface area contributed by atoms with E-state index in [4.69, 9.17) is 0 Å². The summed E-state index contributed by atoms with van der Waals surface area (Å²) >= 11 is 0. The Morgan fingerprint density at radius 1 is 1.06 bits per heavy atom. The molecule has 3 fully saturated rings. The molecule has 1 saturated carbocycles. The zero-order valence-corrected chi connectivity index (χ0v) is 11.6. The summed E-state index contributed by atoms with van der Waals surface area (Å²) in [6.45, 7) is 1.27. The first-order valence-electron chi connectivity index (χ1n) is 7.89. The van der Waals surface area contributed by atoms with E-state index in [1.54, 1.807) is 0 Å². The largest absolute Gasteiger partial charge is 0.393 e. The van der Waals surface area contributed by atoms with Gasteiger partial charge in [0.1, 0.15) is 0 Å². The van der Waals surface area contributed by atoms with Crippen LogP contribution in [0, 0.1) is 5.92 Å². The van der Waals surface area contributed by atoms with Gasteiger partial charge in [-0.05, 0) is 51.5 Å². The highest BCUT2D eigenvalue weighted by atomic mass is 16.3. The number of hydrogen-bond acceptors (Lipinski definition) is 3. The van der Waals surface area contributed by atoms with Crippen LogP contribution in [0.3, 0.4) is 0 Å². The minimum absolute atomic E-state index is 0.0230. The smallest absolute Gasteiger partial charge is 0.0570 e. The number of nitrogens with one attached hydrogen (secondary N) is 1. The van der Waals surface area contributed by atoms with Crippen molar-refractivity contribution in [1.29, 1.82) is 0 Å². The van der Waals surface area contributed by atoms with E-state index < -0.39 is 0 Å². The molecule has 0 aromatic rings. The van der Waals surface area contributed by atoms with E-state index in [2.05, 4.69) is 17.3 Å². The van der Waals surface area contributed by atoms with E-state index in [1.165, 1.54) is 45.1 Å². The number of fused-ring (bicyclic) bond motifs is 2. The predicted molar refractivity (Wildman–Crippen MR) is 73.6 cm³/mol. The third-order valence-corrected chi connectivity index (χ3v) is 5.58. The molecular weight excluding hydrogens is 224 g/mol. The Bertz CT molecular complexity index is 270. The minimum atomic E-state index is -0.0230. The van der Waals surface area contributed by atoms with Gasteiger partial charge in [0, 0.05) is 24.7 Å². The van der Waals surface area contributed by atoms with Crippen LogP contribution < -0.4 is 5.32 Å². The standard InChI is InChI=1S/C15H28N2O/c1-16-15-5-3-2-4-11(15)10-17-12-6-7-13(17)9-14(18)8-12/h11-16,18H,2-10H2,1H3. The fraction of sp³-hybridized carbons (Fsp3) is 1.00. The van der Waals surface area contributed by atoms with Crippen LogP contribution in [0.4, 0.5) is 0 Å². The average Bonchev–Trinajstić information content (AvgIpc) is 2.62. The van der Waals surface area contributed by atoms with Gasteiger partial charge < -0.3 is 10.4 Å². The molecule has 3 rings (SSSR count). The zero-order valence-electron chi connectivity index (χ0n) is 11.6. The summed E-state index contributed by atoms with van der Waals surface area (Å²) in [4.78, 5) is 2.74. The van der Waals surface area contributed by atoms with Crippen LogP contribution in [0.15, 0.2) is 0 Å². The molecule has 0 amide bonds. The summed E-state index contributed by atoms with van der Waals surface area (Å²) in [5.74, 6) is 0.835. The van der Waals surface area contributed by atoms with Gasteiger partial charge in [-0.25, -0.2) is 0 Å². The Morgan fingerprint density at radius 2 is 1.72 bits per heavy atom. The summed E-state index contributed by atoms with van der Waals surface area (Å²) in [5, 5.41) is 13.4. The molecular formula is C15H28N2O. The molecule has 2 saturated heterocycles. The first kappa shape index (κ1) is 12.9. The van der Waals surface area contributed by atoms with Crippen molar-refractivity contribution >= 4 is 0 Å². The van der Waals surface area contributed by atoms with Crippen molar-refractivity contribution in [3.05, 3.63) is 0 Å². The lowest BCUT2D eigenvalue weighted by molar-refractivity contribution is 0.0200. The quantitative estimate of drug-likeness (QED) is 0.803. The van der Waals surface area contributed by atoms with Gasteiger partial charge in [0.15, 0.2) is 0 Å². The number of piperidine rings is 1. The number of hydrogen-bond donors (Lipinski definition) is 2. The van der Waals surface area contributed by atoms with E-state index >= 15 is 0 Å². The number of nitrogens with zero attached hydrogens (tertiary/aromatic N) is 1. The summed E-state index contributed by atoms with van der Waals surface area (Å²) in [6.07, 6.45) is 10.2. The molecule has 4 atom stereocenters. The van der Waals surface area contributed by atoms with Crippen molar-refractivity contribution in [2.24, 2.45) is 5.92 Å². The molecule has 2 heterocycles. The van der Waals surface area contributed by atoms with Crippen molar-refractivity contribution in [3.63, 3.8) is 0 Å². The Morgan fingerprint density at radius 3 is 2.39 bits per heavy atom. The minimum Gasteiger partial charge on any atom is -0.393 e. The van der Waals surface area contributed by atoms with Gasteiger partial charge >= 0.3 is 0 Å². The lowest BCUT2D eigenvalue weighted by atomic mass is 9.83. The van der Waals surface area contributed by atoms with Crippen molar-refractivity contribution in [2.45, 2.75) is 75.6 Å². The normalized spacial score (nSPS) is 45.3. The van der Waals surface area contributed by atoms with Crippen LogP contribution in [-0.4, -0.2) is 47.8 Å². The molecule has 0 radical (unpaired) electrons. The molecule has 0 aromatic heterocycles. The van der Waals surface area contributed by atoms with Gasteiger partial charge in [0.25, 0.3) is 0 Å². The van der Waals surface area contributed by atoms with Crippen LogP contribution >= 0.6 is 0 Å². The third kappa shape index (κ3) is 2.45. The molecule has 3 aliphatic rings. The van der Waals surface area contributed by atoms with E-state index in [1.807, 2.05) is 0 Å². The van der Waals surface area contributed by atoms with E-state index in [0.717, 1.165) is 24.8 Å². The average molecular weight is 252 g/mol. The van der Waals surface area contributed by atoms with Crippen molar-refractivity contribution in [2.75, 3.05) is 13.6 Å². The number of aliphatic hydroxyl groups is 1. The van der Waals surface area contributed by atoms with E-state index in [-0.39, 0.29) is 6.10 Å². The van der Waals surface area contributed by atoms with E-state index in [0.29, 0.717) is 12.1 Å². The molecule has 2 N–H and O–H groups in total. The summed E-state index contributed by atoms with van der Waals surface area (Å²) in [7, 11) is 2.12. The molecule has 2 aliphatic heterocycles. The fourth-order valence-electron chi connectivity index (χ4n) is 4.62. The van der Waals surface area contributed by atoms with Crippen LogP contribution in [0.1, 0.15) is 51.4 Å². The van der Waals surface area contributed by atoms with Crippen LogP contribution in [-0.2, 0) is 0 Å². The van der Waals surface area contributed by atoms with Crippen LogP contribution in [0.25, 0.3) is 0 Å². The van der Waals surface area contributed by atoms with Gasteiger partial charge in [-0.1, -0.05) is 12.8 Å². The second-order valence-corrected chi connectivity index (χ2v) is 6.65. The lowest BCUT2D eigenvalue weighted by Gasteiger charge is -2.42. The molecule has 1 aliphatic carbocycles. The lowest BCUT2D eigenvalue weighted by Crippen LogP contribution is -2.50. The Kier molecular flexibility index (Phi) is 3.92. The highest BCUT2D eigenvalue weighted by Crippen LogP contribution is 2.37. The van der Waals surface area contributed by atoms with Crippen LogP contribution in [0.2, 0.25) is 0 Å². The molecule has 18 heavy (non-hydrogen) atoms. The van der Waals surface area contributed by atoms with Gasteiger partial charge in [0.2, 0.25) is 0 Å². The van der Waals surface area contributed by atoms with Gasteiger partial charge in [0.05, 0.1) is 6.10 Å². The monoisotopic (exact) mass is 252 g/mol. The highest BCUT2D eigenvalue weighted by Gasteiger charge is 2.41. The maximum absolute atomic E-state index is 9.87. The summed E-state index contributed by atoms with van der Waals surface area (Å²) in [5.41, 5.74) is 0. The second kappa shape index (κ2) is 5.48. The van der Waals surface area contributed by atoms with E-state index in [9.17, 15) is 5.11 Å². The second-order valence-electron chi connectivity index (χ2n) is 6.65. The Balaban J connectivity index is 1.62. The summed E-state index contributed by atoms with van der Waals surface area (Å²) in [6, 6.07) is 2.08. The zero-order chi connectivity index (χ0) is 12.5. The van der Waals surface area contributed by atoms with Crippen molar-refractivity contribution in [1.82, 2.24) is 10.2 Å². The Labute approximate surface area is 111 Å². The molecule has 0 aromatic carbocycles. The fourth-order valence-corrected chi connectivity index (χ4v) is 4.62. The number of rotatable bonds is 3. The summed E-state index contributed by atoms with van der Waals surface area (Å²) < 4.78 is 0. The number of aliphatic hydroxyl groups excluding tert-OH is 1. The molecule has 4 unspecified atom stereocenters. The van der Waals surface area contributed by atoms with Gasteiger partial charge in [-0.15, -0.1) is 0 Å². The maximum Gasteiger partial charge on any atom is 0.0570 e. The molecule has 104 valence electrons.